The maximum Gasteiger partial charge on any atom is 0.157 e. The Morgan fingerprint density at radius 2 is 2.08 bits per heavy atom. The van der Waals surface area contributed by atoms with Gasteiger partial charge in [0.05, 0.1) is 0 Å². The fourth-order valence-corrected chi connectivity index (χ4v) is 0.829. The third kappa shape index (κ3) is 6.54. The van der Waals surface area contributed by atoms with Gasteiger partial charge in [-0.2, -0.15) is 0 Å². The van der Waals surface area contributed by atoms with E-state index in [4.69, 9.17) is 19.7 Å². The van der Waals surface area contributed by atoms with Crippen LogP contribution in [0.5, 0.6) is 0 Å². The van der Waals surface area contributed by atoms with Gasteiger partial charge in [-0.15, -0.1) is 0 Å². The molecule has 0 saturated carbocycles. The molecule has 4 nitrogen and oxygen atoms in total. The Morgan fingerprint density at radius 1 is 1.42 bits per heavy atom. The van der Waals surface area contributed by atoms with Gasteiger partial charge in [0.15, 0.2) is 12.6 Å². The molecule has 0 aromatic rings. The summed E-state index contributed by atoms with van der Waals surface area (Å²) in [4.78, 5) is 0. The molecule has 0 heterocycles. The van der Waals surface area contributed by atoms with E-state index in [1.807, 2.05) is 6.92 Å². The number of hydrogen-bond acceptors (Lipinski definition) is 4. The molecule has 0 spiro atoms. The second-order valence-corrected chi connectivity index (χ2v) is 2.48. The van der Waals surface area contributed by atoms with Gasteiger partial charge in [-0.25, -0.2) is 0 Å². The average molecular weight is 178 g/mol. The van der Waals surface area contributed by atoms with Crippen LogP contribution >= 0.6 is 0 Å². The van der Waals surface area contributed by atoms with Crippen molar-refractivity contribution in [2.75, 3.05) is 13.2 Å². The van der Waals surface area contributed by atoms with Crippen LogP contribution in [0, 0.1) is 0 Å². The smallest absolute Gasteiger partial charge is 0.157 e. The summed E-state index contributed by atoms with van der Waals surface area (Å²) < 4.78 is 10.1. The Labute approximate surface area is 73.1 Å². The third-order valence-electron chi connectivity index (χ3n) is 1.36. The Kier molecular flexibility index (Phi) is 7.39. The van der Waals surface area contributed by atoms with Crippen LogP contribution in [0.15, 0.2) is 0 Å². The highest BCUT2D eigenvalue weighted by molar-refractivity contribution is 4.43. The fraction of sp³-hybridized carbons (Fsp3) is 1.00. The topological polar surface area (TPSA) is 58.9 Å². The van der Waals surface area contributed by atoms with E-state index in [1.54, 1.807) is 6.92 Å². The number of hydrogen-bond donors (Lipinski definition) is 2. The van der Waals surface area contributed by atoms with Crippen LogP contribution in [0.3, 0.4) is 0 Å². The minimum atomic E-state index is -0.835. The molecule has 0 aliphatic rings. The molecule has 0 amide bonds. The lowest BCUT2D eigenvalue weighted by Gasteiger charge is -2.17. The Balaban J connectivity index is 3.33. The largest absolute Gasteiger partial charge is 0.396 e. The first-order valence-corrected chi connectivity index (χ1v) is 4.26. The molecule has 0 aliphatic heterocycles. The molecule has 12 heavy (non-hydrogen) atoms. The lowest BCUT2D eigenvalue weighted by Crippen LogP contribution is -2.22. The maximum atomic E-state index is 9.16. The van der Waals surface area contributed by atoms with Crippen molar-refractivity contribution < 1.29 is 19.7 Å². The summed E-state index contributed by atoms with van der Waals surface area (Å²) >= 11 is 0. The van der Waals surface area contributed by atoms with Crippen LogP contribution < -0.4 is 0 Å². The molecular formula is C8H18O4. The van der Waals surface area contributed by atoms with Crippen molar-refractivity contribution in [3.8, 4) is 0 Å². The zero-order valence-electron chi connectivity index (χ0n) is 7.69. The van der Waals surface area contributed by atoms with Crippen molar-refractivity contribution in [1.29, 1.82) is 0 Å². The lowest BCUT2D eigenvalue weighted by atomic mass is 10.3. The van der Waals surface area contributed by atoms with Gasteiger partial charge in [0, 0.05) is 19.6 Å². The molecule has 0 aromatic heterocycles. The summed E-state index contributed by atoms with van der Waals surface area (Å²) in [5, 5.41) is 17.6. The van der Waals surface area contributed by atoms with Crippen LogP contribution in [-0.4, -0.2) is 36.0 Å². The van der Waals surface area contributed by atoms with Gasteiger partial charge in [0.1, 0.15) is 0 Å². The minimum absolute atomic E-state index is 0.0729. The molecule has 1 unspecified atom stereocenters. The van der Waals surface area contributed by atoms with E-state index in [-0.39, 0.29) is 12.9 Å². The van der Waals surface area contributed by atoms with Crippen molar-refractivity contribution in [2.45, 2.75) is 39.3 Å². The molecule has 2 atom stereocenters. The van der Waals surface area contributed by atoms with Crippen molar-refractivity contribution in [1.82, 2.24) is 0 Å². The average Bonchev–Trinajstić information content (AvgIpc) is 2.01. The molecule has 0 aliphatic carbocycles. The summed E-state index contributed by atoms with van der Waals surface area (Å²) in [6.45, 7) is 4.23. The SMILES string of the molecule is CCOC(C)O[C@@H](O)CCCO. The maximum absolute atomic E-state index is 9.16. The van der Waals surface area contributed by atoms with Gasteiger partial charge in [-0.3, -0.25) is 0 Å². The molecule has 74 valence electrons. The van der Waals surface area contributed by atoms with E-state index in [2.05, 4.69) is 0 Å². The fourth-order valence-electron chi connectivity index (χ4n) is 0.829. The molecule has 0 rings (SSSR count). The van der Waals surface area contributed by atoms with E-state index in [0.29, 0.717) is 19.4 Å². The molecule has 0 saturated heterocycles. The van der Waals surface area contributed by atoms with Crippen LogP contribution in [0.2, 0.25) is 0 Å². The Bertz CT molecular complexity index is 97.1. The predicted octanol–water partition coefficient (Wildman–Crippen LogP) is 0.476. The highest BCUT2D eigenvalue weighted by Crippen LogP contribution is 2.03. The predicted molar refractivity (Wildman–Crippen MR) is 44.5 cm³/mol. The van der Waals surface area contributed by atoms with Crippen LogP contribution in [0.4, 0.5) is 0 Å². The lowest BCUT2D eigenvalue weighted by molar-refractivity contribution is -0.221. The van der Waals surface area contributed by atoms with Crippen molar-refractivity contribution in [3.63, 3.8) is 0 Å². The number of rotatable bonds is 7. The normalized spacial score (nSPS) is 16.0. The van der Waals surface area contributed by atoms with Gasteiger partial charge < -0.3 is 19.7 Å². The third-order valence-corrected chi connectivity index (χ3v) is 1.36. The molecule has 0 aromatic carbocycles. The van der Waals surface area contributed by atoms with E-state index in [0.717, 1.165) is 0 Å². The second-order valence-electron chi connectivity index (χ2n) is 2.48. The summed E-state index contributed by atoms with van der Waals surface area (Å²) in [6.07, 6.45) is -0.240. The standard InChI is InChI=1S/C8H18O4/c1-3-11-7(2)12-8(10)5-4-6-9/h7-10H,3-6H2,1-2H3/t7?,8-/m1/s1. The summed E-state index contributed by atoms with van der Waals surface area (Å²) in [6, 6.07) is 0. The molecule has 0 radical (unpaired) electrons. The van der Waals surface area contributed by atoms with Crippen LogP contribution in [0.25, 0.3) is 0 Å². The molecular weight excluding hydrogens is 160 g/mol. The Morgan fingerprint density at radius 3 is 2.58 bits per heavy atom. The zero-order chi connectivity index (χ0) is 9.40. The Hall–Kier alpha value is -0.160. The molecule has 0 bridgehead atoms. The van der Waals surface area contributed by atoms with Crippen LogP contribution in [0.1, 0.15) is 26.7 Å². The first kappa shape index (κ1) is 11.8. The van der Waals surface area contributed by atoms with Gasteiger partial charge in [0.25, 0.3) is 0 Å². The number of aliphatic hydroxyl groups excluding tert-OH is 2. The second kappa shape index (κ2) is 7.49. The van der Waals surface area contributed by atoms with Crippen molar-refractivity contribution >= 4 is 0 Å². The molecule has 2 N–H and O–H groups in total. The zero-order valence-corrected chi connectivity index (χ0v) is 7.69. The number of ether oxygens (including phenoxy) is 2. The van der Waals surface area contributed by atoms with E-state index in [9.17, 15) is 0 Å². The van der Waals surface area contributed by atoms with E-state index >= 15 is 0 Å². The summed E-state index contributed by atoms with van der Waals surface area (Å²) in [5.74, 6) is 0. The molecule has 4 heteroatoms. The minimum Gasteiger partial charge on any atom is -0.396 e. The quantitative estimate of drug-likeness (QED) is 0.556. The first-order chi connectivity index (χ1) is 5.70. The monoisotopic (exact) mass is 178 g/mol. The van der Waals surface area contributed by atoms with Crippen LogP contribution in [-0.2, 0) is 9.47 Å². The molecule has 0 fully saturated rings. The number of aliphatic hydroxyl groups is 2. The van der Waals surface area contributed by atoms with Gasteiger partial charge in [-0.1, -0.05) is 0 Å². The van der Waals surface area contributed by atoms with Gasteiger partial charge in [0.2, 0.25) is 0 Å². The summed E-state index contributed by atoms with van der Waals surface area (Å²) in [5.41, 5.74) is 0. The van der Waals surface area contributed by atoms with Gasteiger partial charge in [-0.05, 0) is 20.3 Å². The van der Waals surface area contributed by atoms with E-state index in [1.165, 1.54) is 0 Å². The van der Waals surface area contributed by atoms with Crippen molar-refractivity contribution in [3.05, 3.63) is 0 Å². The van der Waals surface area contributed by atoms with Crippen molar-refractivity contribution in [2.24, 2.45) is 0 Å². The summed E-state index contributed by atoms with van der Waals surface area (Å²) in [7, 11) is 0. The highest BCUT2D eigenvalue weighted by atomic mass is 16.7. The highest BCUT2D eigenvalue weighted by Gasteiger charge is 2.08. The van der Waals surface area contributed by atoms with Gasteiger partial charge >= 0.3 is 0 Å². The first-order valence-electron chi connectivity index (χ1n) is 4.26. The van der Waals surface area contributed by atoms with E-state index < -0.39 is 6.29 Å².